The van der Waals surface area contributed by atoms with Crippen molar-refractivity contribution in [1.29, 1.82) is 0 Å². The summed E-state index contributed by atoms with van der Waals surface area (Å²) in [7, 11) is 1.96. The Labute approximate surface area is 107 Å². The molecule has 0 amide bonds. The predicted octanol–water partition coefficient (Wildman–Crippen LogP) is 2.28. The lowest BCUT2D eigenvalue weighted by Crippen LogP contribution is -2.06. The van der Waals surface area contributed by atoms with Crippen LogP contribution in [0, 0.1) is 0 Å². The Morgan fingerprint density at radius 2 is 2.11 bits per heavy atom. The molecule has 0 fully saturated rings. The standard InChI is InChI=1S/C14H18N4/c1-12(7-6-10-15-2)14-11-16-17-18(14)13-8-4-3-5-9-13/h3-5,7-9,11,15H,6,10H2,1-2H3/b12-7-. The van der Waals surface area contributed by atoms with Gasteiger partial charge in [-0.3, -0.25) is 0 Å². The quantitative estimate of drug-likeness (QED) is 0.818. The molecule has 1 aromatic heterocycles. The van der Waals surface area contributed by atoms with Crippen LogP contribution in [0.2, 0.25) is 0 Å². The smallest absolute Gasteiger partial charge is 0.0897 e. The molecule has 4 nitrogen and oxygen atoms in total. The Morgan fingerprint density at radius 3 is 2.83 bits per heavy atom. The molecule has 1 aromatic carbocycles. The summed E-state index contributed by atoms with van der Waals surface area (Å²) in [6.07, 6.45) is 5.01. The summed E-state index contributed by atoms with van der Waals surface area (Å²) in [5.74, 6) is 0. The maximum absolute atomic E-state index is 4.15. The molecule has 94 valence electrons. The molecule has 0 bridgehead atoms. The first kappa shape index (κ1) is 12.5. The molecular weight excluding hydrogens is 224 g/mol. The first-order chi connectivity index (χ1) is 8.83. The van der Waals surface area contributed by atoms with Gasteiger partial charge in [-0.25, -0.2) is 4.68 Å². The number of benzene rings is 1. The van der Waals surface area contributed by atoms with E-state index in [1.807, 2.05) is 42.1 Å². The molecule has 0 spiro atoms. The normalized spacial score (nSPS) is 11.8. The van der Waals surface area contributed by atoms with Crippen LogP contribution in [0.4, 0.5) is 0 Å². The molecular formula is C14H18N4. The molecule has 2 rings (SSSR count). The fourth-order valence-corrected chi connectivity index (χ4v) is 1.80. The minimum absolute atomic E-state index is 0.976. The van der Waals surface area contributed by atoms with Gasteiger partial charge >= 0.3 is 0 Å². The summed E-state index contributed by atoms with van der Waals surface area (Å²) in [5, 5.41) is 11.3. The molecule has 4 heteroatoms. The summed E-state index contributed by atoms with van der Waals surface area (Å²) in [6, 6.07) is 10.1. The summed E-state index contributed by atoms with van der Waals surface area (Å²) in [4.78, 5) is 0. The van der Waals surface area contributed by atoms with E-state index in [0.717, 1.165) is 24.3 Å². The Kier molecular flexibility index (Phi) is 4.25. The lowest BCUT2D eigenvalue weighted by molar-refractivity contribution is 0.792. The Balaban J connectivity index is 2.25. The average Bonchev–Trinajstić information content (AvgIpc) is 2.89. The Hall–Kier alpha value is -1.94. The van der Waals surface area contributed by atoms with E-state index < -0.39 is 0 Å². The van der Waals surface area contributed by atoms with Crippen LogP contribution in [0.5, 0.6) is 0 Å². The number of hydrogen-bond acceptors (Lipinski definition) is 3. The number of para-hydroxylation sites is 1. The van der Waals surface area contributed by atoms with E-state index in [0.29, 0.717) is 0 Å². The molecule has 1 heterocycles. The van der Waals surface area contributed by atoms with Crippen molar-refractivity contribution in [2.24, 2.45) is 0 Å². The molecule has 0 aliphatic carbocycles. The summed E-state index contributed by atoms with van der Waals surface area (Å²) < 4.78 is 1.87. The number of allylic oxidation sites excluding steroid dienone is 1. The van der Waals surface area contributed by atoms with Crippen molar-refractivity contribution in [3.63, 3.8) is 0 Å². The van der Waals surface area contributed by atoms with Crippen molar-refractivity contribution in [2.45, 2.75) is 13.3 Å². The Morgan fingerprint density at radius 1 is 1.33 bits per heavy atom. The van der Waals surface area contributed by atoms with E-state index in [1.54, 1.807) is 6.20 Å². The first-order valence-electron chi connectivity index (χ1n) is 6.11. The average molecular weight is 242 g/mol. The number of hydrogen-bond donors (Lipinski definition) is 1. The lowest BCUT2D eigenvalue weighted by atomic mass is 10.2. The topological polar surface area (TPSA) is 42.7 Å². The molecule has 0 unspecified atom stereocenters. The van der Waals surface area contributed by atoms with E-state index in [-0.39, 0.29) is 0 Å². The second-order valence-electron chi connectivity index (χ2n) is 4.15. The zero-order valence-electron chi connectivity index (χ0n) is 10.8. The van der Waals surface area contributed by atoms with Gasteiger partial charge in [-0.05, 0) is 44.6 Å². The molecule has 1 N–H and O–H groups in total. The van der Waals surface area contributed by atoms with Crippen LogP contribution in [0.1, 0.15) is 19.0 Å². The fraction of sp³-hybridized carbons (Fsp3) is 0.286. The van der Waals surface area contributed by atoms with Crippen LogP contribution in [-0.4, -0.2) is 28.6 Å². The third-order valence-corrected chi connectivity index (χ3v) is 2.80. The van der Waals surface area contributed by atoms with Gasteiger partial charge in [0.15, 0.2) is 0 Å². The van der Waals surface area contributed by atoms with Gasteiger partial charge in [-0.1, -0.05) is 29.5 Å². The highest BCUT2D eigenvalue weighted by Gasteiger charge is 2.06. The highest BCUT2D eigenvalue weighted by molar-refractivity contribution is 5.61. The van der Waals surface area contributed by atoms with Crippen molar-refractivity contribution < 1.29 is 0 Å². The molecule has 0 atom stereocenters. The zero-order chi connectivity index (χ0) is 12.8. The lowest BCUT2D eigenvalue weighted by Gasteiger charge is -2.06. The third-order valence-electron chi connectivity index (χ3n) is 2.80. The van der Waals surface area contributed by atoms with E-state index >= 15 is 0 Å². The second-order valence-corrected chi connectivity index (χ2v) is 4.15. The monoisotopic (exact) mass is 242 g/mol. The van der Waals surface area contributed by atoms with Crippen molar-refractivity contribution >= 4 is 5.57 Å². The molecule has 18 heavy (non-hydrogen) atoms. The van der Waals surface area contributed by atoms with Gasteiger partial charge in [0.2, 0.25) is 0 Å². The van der Waals surface area contributed by atoms with E-state index in [9.17, 15) is 0 Å². The highest BCUT2D eigenvalue weighted by Crippen LogP contribution is 2.16. The molecule has 0 saturated carbocycles. The predicted molar refractivity (Wildman–Crippen MR) is 73.6 cm³/mol. The number of rotatable bonds is 5. The van der Waals surface area contributed by atoms with Crippen molar-refractivity contribution in [3.05, 3.63) is 48.3 Å². The van der Waals surface area contributed by atoms with Crippen molar-refractivity contribution in [2.75, 3.05) is 13.6 Å². The van der Waals surface area contributed by atoms with Gasteiger partial charge in [0.25, 0.3) is 0 Å². The van der Waals surface area contributed by atoms with Crippen LogP contribution in [0.25, 0.3) is 11.3 Å². The second kappa shape index (κ2) is 6.12. The largest absolute Gasteiger partial charge is 0.319 e. The van der Waals surface area contributed by atoms with Gasteiger partial charge in [-0.15, -0.1) is 5.10 Å². The van der Waals surface area contributed by atoms with Gasteiger partial charge in [0.1, 0.15) is 0 Å². The number of nitrogens with zero attached hydrogens (tertiary/aromatic N) is 3. The molecule has 0 aliphatic rings. The summed E-state index contributed by atoms with van der Waals surface area (Å²) in [6.45, 7) is 3.07. The van der Waals surface area contributed by atoms with E-state index in [4.69, 9.17) is 0 Å². The minimum atomic E-state index is 0.976. The third kappa shape index (κ3) is 2.84. The van der Waals surface area contributed by atoms with Crippen molar-refractivity contribution in [3.8, 4) is 5.69 Å². The maximum Gasteiger partial charge on any atom is 0.0897 e. The van der Waals surface area contributed by atoms with Crippen molar-refractivity contribution in [1.82, 2.24) is 20.3 Å². The van der Waals surface area contributed by atoms with Crippen LogP contribution < -0.4 is 5.32 Å². The van der Waals surface area contributed by atoms with Gasteiger partial charge in [0, 0.05) is 0 Å². The van der Waals surface area contributed by atoms with Crippen LogP contribution in [0.3, 0.4) is 0 Å². The molecule has 0 radical (unpaired) electrons. The zero-order valence-corrected chi connectivity index (χ0v) is 10.8. The first-order valence-corrected chi connectivity index (χ1v) is 6.11. The highest BCUT2D eigenvalue weighted by atomic mass is 15.4. The number of aromatic nitrogens is 3. The van der Waals surface area contributed by atoms with Gasteiger partial charge in [-0.2, -0.15) is 0 Å². The van der Waals surface area contributed by atoms with Gasteiger partial charge < -0.3 is 5.32 Å². The van der Waals surface area contributed by atoms with Gasteiger partial charge in [0.05, 0.1) is 17.6 Å². The Bertz CT molecular complexity index is 514. The molecule has 2 aromatic rings. The molecule has 0 saturated heterocycles. The molecule has 0 aliphatic heterocycles. The van der Waals surface area contributed by atoms with E-state index in [1.165, 1.54) is 5.57 Å². The van der Waals surface area contributed by atoms with Crippen LogP contribution in [-0.2, 0) is 0 Å². The summed E-state index contributed by atoms with van der Waals surface area (Å²) >= 11 is 0. The van der Waals surface area contributed by atoms with Crippen LogP contribution in [0.15, 0.2) is 42.6 Å². The summed E-state index contributed by atoms with van der Waals surface area (Å²) in [5.41, 5.74) is 3.27. The van der Waals surface area contributed by atoms with E-state index in [2.05, 4.69) is 28.6 Å². The maximum atomic E-state index is 4.15. The SMILES string of the molecule is CNCC/C=C(/C)c1cnnn1-c1ccccc1. The minimum Gasteiger partial charge on any atom is -0.319 e. The fourth-order valence-electron chi connectivity index (χ4n) is 1.80. The van der Waals surface area contributed by atoms with Crippen LogP contribution >= 0.6 is 0 Å². The number of nitrogens with one attached hydrogen (secondary N) is 1.